The predicted octanol–water partition coefficient (Wildman–Crippen LogP) is 0.889. The van der Waals surface area contributed by atoms with Gasteiger partial charge in [-0.1, -0.05) is 18.2 Å². The zero-order valence-corrected chi connectivity index (χ0v) is 11.6. The number of rotatable bonds is 5. The number of aliphatic hydroxyl groups excluding tert-OH is 1. The van der Waals surface area contributed by atoms with Crippen molar-refractivity contribution in [3.8, 4) is 0 Å². The van der Waals surface area contributed by atoms with Gasteiger partial charge in [0.1, 0.15) is 0 Å². The molecule has 1 aromatic carbocycles. The molecule has 6 heteroatoms. The smallest absolute Gasteiger partial charge is 0.331 e. The van der Waals surface area contributed by atoms with Crippen LogP contribution in [0.3, 0.4) is 0 Å². The SMILES string of the molecule is CCOC(=O)C(CO)NC(=O)c1cnc2ccccc2c1. The summed E-state index contributed by atoms with van der Waals surface area (Å²) in [7, 11) is 0. The lowest BCUT2D eigenvalue weighted by Crippen LogP contribution is -2.44. The number of para-hydroxylation sites is 1. The standard InChI is InChI=1S/C15H16N2O4/c1-2-21-15(20)13(9-18)17-14(19)11-7-10-5-3-4-6-12(10)16-8-11/h3-8,13,18H,2,9H2,1H3,(H,17,19). The summed E-state index contributed by atoms with van der Waals surface area (Å²) in [6, 6.07) is 7.99. The van der Waals surface area contributed by atoms with Gasteiger partial charge in [-0.2, -0.15) is 0 Å². The molecule has 2 aromatic rings. The van der Waals surface area contributed by atoms with Crippen molar-refractivity contribution < 1.29 is 19.4 Å². The number of aromatic nitrogens is 1. The Kier molecular flexibility index (Phi) is 4.84. The van der Waals surface area contributed by atoms with E-state index in [0.717, 1.165) is 10.9 Å². The lowest BCUT2D eigenvalue weighted by atomic mass is 10.1. The number of nitrogens with one attached hydrogen (secondary N) is 1. The van der Waals surface area contributed by atoms with Crippen LogP contribution < -0.4 is 5.32 Å². The topological polar surface area (TPSA) is 88.5 Å². The summed E-state index contributed by atoms with van der Waals surface area (Å²) in [5.74, 6) is -1.15. The van der Waals surface area contributed by atoms with Crippen LogP contribution in [0.25, 0.3) is 10.9 Å². The van der Waals surface area contributed by atoms with Crippen LogP contribution in [0, 0.1) is 0 Å². The first-order valence-electron chi connectivity index (χ1n) is 6.59. The minimum absolute atomic E-state index is 0.183. The second-order valence-corrected chi connectivity index (χ2v) is 4.38. The van der Waals surface area contributed by atoms with Gasteiger partial charge in [-0.3, -0.25) is 9.78 Å². The van der Waals surface area contributed by atoms with E-state index in [-0.39, 0.29) is 6.61 Å². The molecule has 0 aliphatic heterocycles. The molecule has 0 spiro atoms. The molecule has 110 valence electrons. The molecule has 0 bridgehead atoms. The van der Waals surface area contributed by atoms with Gasteiger partial charge in [-0.25, -0.2) is 4.79 Å². The molecular weight excluding hydrogens is 272 g/mol. The predicted molar refractivity (Wildman–Crippen MR) is 76.7 cm³/mol. The van der Waals surface area contributed by atoms with E-state index >= 15 is 0 Å². The summed E-state index contributed by atoms with van der Waals surface area (Å²) in [5.41, 5.74) is 1.09. The van der Waals surface area contributed by atoms with E-state index in [0.29, 0.717) is 5.56 Å². The summed E-state index contributed by atoms with van der Waals surface area (Å²) >= 11 is 0. The van der Waals surface area contributed by atoms with Crippen LogP contribution in [0.1, 0.15) is 17.3 Å². The summed E-state index contributed by atoms with van der Waals surface area (Å²) < 4.78 is 4.77. The largest absolute Gasteiger partial charge is 0.464 e. The average Bonchev–Trinajstić information content (AvgIpc) is 2.52. The van der Waals surface area contributed by atoms with Crippen molar-refractivity contribution in [2.24, 2.45) is 0 Å². The van der Waals surface area contributed by atoms with Crippen molar-refractivity contribution in [1.82, 2.24) is 10.3 Å². The van der Waals surface area contributed by atoms with Gasteiger partial charge in [-0.05, 0) is 19.1 Å². The second-order valence-electron chi connectivity index (χ2n) is 4.38. The average molecular weight is 288 g/mol. The number of ether oxygens (including phenoxy) is 1. The minimum atomic E-state index is -1.08. The Morgan fingerprint density at radius 2 is 2.14 bits per heavy atom. The molecule has 1 atom stereocenters. The monoisotopic (exact) mass is 288 g/mol. The van der Waals surface area contributed by atoms with Crippen molar-refractivity contribution in [3.05, 3.63) is 42.1 Å². The van der Waals surface area contributed by atoms with Crippen molar-refractivity contribution >= 4 is 22.8 Å². The highest BCUT2D eigenvalue weighted by Gasteiger charge is 2.21. The van der Waals surface area contributed by atoms with Gasteiger partial charge in [-0.15, -0.1) is 0 Å². The third kappa shape index (κ3) is 3.55. The summed E-state index contributed by atoms with van der Waals surface area (Å²) in [4.78, 5) is 27.8. The first-order chi connectivity index (χ1) is 10.2. The first-order valence-corrected chi connectivity index (χ1v) is 6.59. The van der Waals surface area contributed by atoms with Crippen molar-refractivity contribution in [2.75, 3.05) is 13.2 Å². The highest BCUT2D eigenvalue weighted by Crippen LogP contribution is 2.12. The number of fused-ring (bicyclic) bond motifs is 1. The van der Waals surface area contributed by atoms with Crippen molar-refractivity contribution in [3.63, 3.8) is 0 Å². The second kappa shape index (κ2) is 6.81. The van der Waals surface area contributed by atoms with Crippen LogP contribution in [0.5, 0.6) is 0 Å². The number of hydrogen-bond acceptors (Lipinski definition) is 5. The molecule has 0 saturated heterocycles. The number of amides is 1. The van der Waals surface area contributed by atoms with E-state index in [1.54, 1.807) is 13.0 Å². The Morgan fingerprint density at radius 1 is 1.38 bits per heavy atom. The molecule has 0 fully saturated rings. The summed E-state index contributed by atoms with van der Waals surface area (Å²) in [5, 5.41) is 12.4. The summed E-state index contributed by atoms with van der Waals surface area (Å²) in [6.45, 7) is 1.32. The molecule has 2 rings (SSSR count). The quantitative estimate of drug-likeness (QED) is 0.798. The molecule has 2 N–H and O–H groups in total. The molecule has 1 unspecified atom stereocenters. The Balaban J connectivity index is 2.15. The Bertz CT molecular complexity index is 657. The van der Waals surface area contributed by atoms with E-state index in [1.807, 2.05) is 24.3 Å². The molecule has 0 aliphatic carbocycles. The lowest BCUT2D eigenvalue weighted by Gasteiger charge is -2.14. The van der Waals surface area contributed by atoms with Gasteiger partial charge >= 0.3 is 5.97 Å². The fourth-order valence-electron chi connectivity index (χ4n) is 1.86. The van der Waals surface area contributed by atoms with Crippen LogP contribution in [0.4, 0.5) is 0 Å². The number of esters is 1. The third-order valence-corrected chi connectivity index (χ3v) is 2.91. The number of benzene rings is 1. The van der Waals surface area contributed by atoms with Gasteiger partial charge < -0.3 is 15.2 Å². The zero-order valence-electron chi connectivity index (χ0n) is 11.6. The third-order valence-electron chi connectivity index (χ3n) is 2.91. The molecule has 0 radical (unpaired) electrons. The Labute approximate surface area is 121 Å². The van der Waals surface area contributed by atoms with E-state index in [1.165, 1.54) is 6.20 Å². The molecule has 1 aromatic heterocycles. The molecule has 0 aliphatic rings. The molecule has 0 saturated carbocycles. The number of aliphatic hydroxyl groups is 1. The van der Waals surface area contributed by atoms with E-state index in [4.69, 9.17) is 9.84 Å². The molecule has 21 heavy (non-hydrogen) atoms. The van der Waals surface area contributed by atoms with Crippen LogP contribution in [0.2, 0.25) is 0 Å². The highest BCUT2D eigenvalue weighted by molar-refractivity contribution is 5.99. The number of hydrogen-bond donors (Lipinski definition) is 2. The number of carbonyl (C=O) groups excluding carboxylic acids is 2. The maximum Gasteiger partial charge on any atom is 0.331 e. The molecular formula is C15H16N2O4. The van der Waals surface area contributed by atoms with E-state index < -0.39 is 24.5 Å². The zero-order chi connectivity index (χ0) is 15.2. The van der Waals surface area contributed by atoms with Gasteiger partial charge in [0.15, 0.2) is 6.04 Å². The van der Waals surface area contributed by atoms with Crippen molar-refractivity contribution in [2.45, 2.75) is 13.0 Å². The number of pyridine rings is 1. The maximum atomic E-state index is 12.1. The first kappa shape index (κ1) is 14.9. The van der Waals surface area contributed by atoms with Gasteiger partial charge in [0.2, 0.25) is 0 Å². The Morgan fingerprint density at radius 3 is 2.86 bits per heavy atom. The molecule has 6 nitrogen and oxygen atoms in total. The van der Waals surface area contributed by atoms with Crippen LogP contribution in [0.15, 0.2) is 36.5 Å². The van der Waals surface area contributed by atoms with E-state index in [9.17, 15) is 9.59 Å². The van der Waals surface area contributed by atoms with Crippen LogP contribution in [-0.2, 0) is 9.53 Å². The van der Waals surface area contributed by atoms with Gasteiger partial charge in [0.25, 0.3) is 5.91 Å². The van der Waals surface area contributed by atoms with Gasteiger partial charge in [0.05, 0.1) is 24.3 Å². The lowest BCUT2D eigenvalue weighted by molar-refractivity contribution is -0.146. The van der Waals surface area contributed by atoms with Crippen LogP contribution >= 0.6 is 0 Å². The normalized spacial score (nSPS) is 11.9. The minimum Gasteiger partial charge on any atom is -0.464 e. The van der Waals surface area contributed by atoms with Gasteiger partial charge in [0, 0.05) is 11.6 Å². The number of carbonyl (C=O) groups is 2. The fourth-order valence-corrected chi connectivity index (χ4v) is 1.86. The highest BCUT2D eigenvalue weighted by atomic mass is 16.5. The van der Waals surface area contributed by atoms with Crippen molar-refractivity contribution in [1.29, 1.82) is 0 Å². The molecule has 1 heterocycles. The Hall–Kier alpha value is -2.47. The van der Waals surface area contributed by atoms with Crippen LogP contribution in [-0.4, -0.2) is 41.2 Å². The van der Waals surface area contributed by atoms with E-state index in [2.05, 4.69) is 10.3 Å². The number of nitrogens with zero attached hydrogens (tertiary/aromatic N) is 1. The summed E-state index contributed by atoms with van der Waals surface area (Å²) in [6.07, 6.45) is 1.43. The maximum absolute atomic E-state index is 12.1. The molecule has 1 amide bonds. The fraction of sp³-hybridized carbons (Fsp3) is 0.267.